The minimum Gasteiger partial charge on any atom is -0.465 e. The molecule has 1 aromatic heterocycles. The van der Waals surface area contributed by atoms with Gasteiger partial charge in [-0.05, 0) is 87.0 Å². The highest BCUT2D eigenvalue weighted by atomic mass is 32.1. The molecule has 0 atom stereocenters. The lowest BCUT2D eigenvalue weighted by molar-refractivity contribution is 0.0600. The van der Waals surface area contributed by atoms with E-state index in [1.165, 1.54) is 18.4 Å². The van der Waals surface area contributed by atoms with E-state index in [-0.39, 0.29) is 11.9 Å². The van der Waals surface area contributed by atoms with E-state index in [2.05, 4.69) is 10.6 Å². The summed E-state index contributed by atoms with van der Waals surface area (Å²) in [5.41, 5.74) is 3.17. The zero-order valence-corrected chi connectivity index (χ0v) is 19.3. The van der Waals surface area contributed by atoms with Gasteiger partial charge in [0.2, 0.25) is 0 Å². The number of esters is 1. The normalized spacial score (nSPS) is 15.7. The Labute approximate surface area is 192 Å². The monoisotopic (exact) mass is 457 g/mol. The van der Waals surface area contributed by atoms with E-state index in [4.69, 9.17) is 17.0 Å². The van der Waals surface area contributed by atoms with Gasteiger partial charge in [0.1, 0.15) is 5.00 Å². The number of methoxy groups -OCH3 is 1. The van der Waals surface area contributed by atoms with Crippen LogP contribution in [0.2, 0.25) is 0 Å². The number of thiocarbonyl (C=S) groups is 1. The average molecular weight is 458 g/mol. The van der Waals surface area contributed by atoms with Gasteiger partial charge in [0, 0.05) is 29.2 Å². The van der Waals surface area contributed by atoms with Gasteiger partial charge in [0.15, 0.2) is 5.11 Å². The summed E-state index contributed by atoms with van der Waals surface area (Å²) < 4.78 is 5.01. The Kier molecular flexibility index (Phi) is 6.87. The number of nitrogens with zero attached hydrogens (tertiary/aromatic N) is 1. The zero-order chi connectivity index (χ0) is 21.8. The molecule has 8 heteroatoms. The molecular formula is C23H27N3O3S2. The number of nitrogens with one attached hydrogen (secondary N) is 2. The molecular weight excluding hydrogens is 430 g/mol. The first-order valence-corrected chi connectivity index (χ1v) is 12.0. The molecule has 31 heavy (non-hydrogen) atoms. The Bertz CT molecular complexity index is 979. The predicted octanol–water partition coefficient (Wildman–Crippen LogP) is 4.85. The van der Waals surface area contributed by atoms with Gasteiger partial charge in [0.25, 0.3) is 5.91 Å². The van der Waals surface area contributed by atoms with Gasteiger partial charge in [-0.2, -0.15) is 0 Å². The van der Waals surface area contributed by atoms with Crippen molar-refractivity contribution in [2.24, 2.45) is 0 Å². The van der Waals surface area contributed by atoms with Crippen LogP contribution in [0.3, 0.4) is 0 Å². The predicted molar refractivity (Wildman–Crippen MR) is 128 cm³/mol. The number of hydrogen-bond acceptors (Lipinski definition) is 5. The van der Waals surface area contributed by atoms with E-state index >= 15 is 0 Å². The minimum atomic E-state index is -0.328. The molecule has 1 fully saturated rings. The number of likely N-dealkylation sites (tertiary alicyclic amines) is 1. The minimum absolute atomic E-state index is 0.0823. The number of benzene rings is 1. The van der Waals surface area contributed by atoms with Crippen LogP contribution in [0.1, 0.15) is 63.3 Å². The molecule has 0 spiro atoms. The number of aryl methyl sites for hydroxylation is 1. The van der Waals surface area contributed by atoms with Crippen molar-refractivity contribution in [3.8, 4) is 0 Å². The van der Waals surface area contributed by atoms with Gasteiger partial charge in [-0.1, -0.05) is 0 Å². The van der Waals surface area contributed by atoms with E-state index in [9.17, 15) is 9.59 Å². The molecule has 0 unspecified atom stereocenters. The van der Waals surface area contributed by atoms with Gasteiger partial charge < -0.3 is 20.3 Å². The number of carbonyl (C=O) groups excluding carboxylic acids is 2. The number of anilines is 2. The maximum Gasteiger partial charge on any atom is 0.341 e. The highest BCUT2D eigenvalue weighted by molar-refractivity contribution is 7.80. The van der Waals surface area contributed by atoms with Crippen LogP contribution >= 0.6 is 23.6 Å². The molecule has 0 bridgehead atoms. The fourth-order valence-corrected chi connectivity index (χ4v) is 5.78. The van der Waals surface area contributed by atoms with E-state index in [0.717, 1.165) is 67.9 Å². The van der Waals surface area contributed by atoms with Crippen molar-refractivity contribution >= 4 is 51.2 Å². The van der Waals surface area contributed by atoms with E-state index in [1.54, 1.807) is 11.3 Å². The van der Waals surface area contributed by atoms with Crippen LogP contribution in [-0.4, -0.2) is 42.1 Å². The Hall–Kier alpha value is -2.45. The van der Waals surface area contributed by atoms with Crippen LogP contribution in [0.15, 0.2) is 24.3 Å². The molecule has 6 nitrogen and oxygen atoms in total. The summed E-state index contributed by atoms with van der Waals surface area (Å²) in [7, 11) is 1.41. The second-order valence-electron chi connectivity index (χ2n) is 7.92. The lowest BCUT2D eigenvalue weighted by Crippen LogP contribution is -2.35. The van der Waals surface area contributed by atoms with E-state index < -0.39 is 0 Å². The summed E-state index contributed by atoms with van der Waals surface area (Å²) in [6, 6.07) is 7.36. The Morgan fingerprint density at radius 3 is 2.42 bits per heavy atom. The lowest BCUT2D eigenvalue weighted by atomic mass is 9.95. The first-order chi connectivity index (χ1) is 15.1. The third-order valence-electron chi connectivity index (χ3n) is 5.82. The SMILES string of the molecule is COC(=O)c1c(NC(=S)Nc2ccc(C(=O)N3CCCCC3)cc2)sc2c1CCCC2. The van der Waals surface area contributed by atoms with Crippen molar-refractivity contribution < 1.29 is 14.3 Å². The Morgan fingerprint density at radius 1 is 1.00 bits per heavy atom. The summed E-state index contributed by atoms with van der Waals surface area (Å²) in [5, 5.41) is 7.47. The second-order valence-corrected chi connectivity index (χ2v) is 9.43. The van der Waals surface area contributed by atoms with Gasteiger partial charge in [-0.25, -0.2) is 4.79 Å². The topological polar surface area (TPSA) is 70.7 Å². The van der Waals surface area contributed by atoms with E-state index in [1.807, 2.05) is 29.2 Å². The van der Waals surface area contributed by atoms with Crippen molar-refractivity contribution in [2.45, 2.75) is 44.9 Å². The molecule has 164 valence electrons. The summed E-state index contributed by atoms with van der Waals surface area (Å²) in [5.74, 6) is -0.246. The molecule has 4 rings (SSSR count). The van der Waals surface area contributed by atoms with Gasteiger partial charge in [0.05, 0.1) is 12.7 Å². The van der Waals surface area contributed by atoms with Gasteiger partial charge in [-0.3, -0.25) is 4.79 Å². The van der Waals surface area contributed by atoms with Gasteiger partial charge in [-0.15, -0.1) is 11.3 Å². The standard InChI is InChI=1S/C23H27N3O3S2/c1-29-22(28)19-17-7-3-4-8-18(17)31-20(19)25-23(30)24-16-11-9-15(10-12-16)21(27)26-13-5-2-6-14-26/h9-12H,2-8,13-14H2,1H3,(H2,24,25,30). The van der Waals surface area contributed by atoms with Crippen molar-refractivity contribution in [1.82, 2.24) is 4.90 Å². The zero-order valence-electron chi connectivity index (χ0n) is 17.7. The molecule has 1 aliphatic heterocycles. The van der Waals surface area contributed by atoms with Crippen molar-refractivity contribution in [1.29, 1.82) is 0 Å². The van der Waals surface area contributed by atoms with Gasteiger partial charge >= 0.3 is 5.97 Å². The van der Waals surface area contributed by atoms with Crippen molar-refractivity contribution in [3.05, 3.63) is 45.8 Å². The highest BCUT2D eigenvalue weighted by Gasteiger charge is 2.26. The van der Waals surface area contributed by atoms with E-state index in [0.29, 0.717) is 16.2 Å². The number of amides is 1. The maximum atomic E-state index is 12.6. The lowest BCUT2D eigenvalue weighted by Gasteiger charge is -2.26. The van der Waals surface area contributed by atoms with Crippen LogP contribution in [0, 0.1) is 0 Å². The quantitative estimate of drug-likeness (QED) is 0.505. The van der Waals surface area contributed by atoms with Crippen LogP contribution in [0.4, 0.5) is 10.7 Å². The Morgan fingerprint density at radius 2 is 1.71 bits per heavy atom. The molecule has 2 heterocycles. The number of fused-ring (bicyclic) bond motifs is 1. The first-order valence-electron chi connectivity index (χ1n) is 10.8. The number of piperidine rings is 1. The molecule has 0 radical (unpaired) electrons. The summed E-state index contributed by atoms with van der Waals surface area (Å²) in [6.07, 6.45) is 7.44. The molecule has 2 N–H and O–H groups in total. The van der Waals surface area contributed by atoms with Crippen LogP contribution in [-0.2, 0) is 17.6 Å². The van der Waals surface area contributed by atoms with Crippen molar-refractivity contribution in [2.75, 3.05) is 30.8 Å². The smallest absolute Gasteiger partial charge is 0.341 e. The number of thiophene rings is 1. The molecule has 1 aromatic carbocycles. The molecule has 2 aliphatic rings. The largest absolute Gasteiger partial charge is 0.465 e. The molecule has 2 aromatic rings. The summed E-state index contributed by atoms with van der Waals surface area (Å²) in [6.45, 7) is 1.67. The first kappa shape index (κ1) is 21.8. The second kappa shape index (κ2) is 9.78. The third-order valence-corrected chi connectivity index (χ3v) is 7.23. The summed E-state index contributed by atoms with van der Waals surface area (Å²) >= 11 is 7.06. The fourth-order valence-electron chi connectivity index (χ4n) is 4.21. The Balaban J connectivity index is 1.43. The van der Waals surface area contributed by atoms with Crippen LogP contribution in [0.5, 0.6) is 0 Å². The molecule has 0 saturated carbocycles. The number of carbonyl (C=O) groups is 2. The number of hydrogen-bond donors (Lipinski definition) is 2. The van der Waals surface area contributed by atoms with Crippen molar-refractivity contribution in [3.63, 3.8) is 0 Å². The number of rotatable bonds is 4. The van der Waals surface area contributed by atoms with Crippen LogP contribution < -0.4 is 10.6 Å². The highest BCUT2D eigenvalue weighted by Crippen LogP contribution is 2.38. The van der Waals surface area contributed by atoms with Crippen LogP contribution in [0.25, 0.3) is 0 Å². The third kappa shape index (κ3) is 4.91. The fraction of sp³-hybridized carbons (Fsp3) is 0.435. The molecule has 1 saturated heterocycles. The molecule has 1 amide bonds. The molecule has 1 aliphatic carbocycles. The average Bonchev–Trinajstić information content (AvgIpc) is 3.16. The maximum absolute atomic E-state index is 12.6. The number of ether oxygens (including phenoxy) is 1. The summed E-state index contributed by atoms with van der Waals surface area (Å²) in [4.78, 5) is 28.2.